The molecular formula is C70H49N. The zero-order valence-corrected chi connectivity index (χ0v) is 36.2. The molecule has 2 aliphatic carbocycles. The SMILES string of the molecule is [2H]c1cc2c(cc1[2H])C(c1cc([2H])c([2H])c([2H])c1[2H])(c1c([2H])c([2H])c([2H])c([2H])c1[2H])c1c-2cc([2H])c(N(c2c([2H])c([2H])c(-c3c([2H])c([2H])c4c([2H])c([2H])c([2H])cc4c3-c3c([2H])c([2H])c([2H])c4c3-c3c([2H])ccc([2H])c3C4(C([2H])([2H])[2H])C([2H])([2H])[2H])c([2H])c2[2H])c2c([2H])c3c([2H])c([2H])ccc3c3c([2H])c([2H])c([2H])cc23)c1[2H]. The Balaban J connectivity index is 1.23. The standard InChI is InChI=1S/C70H49N/c1-69(2)62-33-17-16-31-60(62)68-61(32-19-35-64(68)69)67-54-27-12-9-20-46(54)38-42-55(67)47-36-39-51(40-37-47)71(66-44-48-21-10-11-26-53(48)56-28-13-14-30-59(56)66)52-41-43-58-57-29-15-18-34-63(57)70(65(58)45-52,49-22-5-3-6-23-49)50-24-7-4-8-25-50/h3-45H,1-2H3/i1D3,2D3,3D,4D,5D,6D,7D,8D,9D,10D,12D,13D,14D,15D,18D,19D,20D,21D,22D,23D,24D,28D,31D,32D,33D,35D,36D,37D,38D,39D,40D,41D,42D,44D,45D. The van der Waals surface area contributed by atoms with Crippen LogP contribution >= 0.6 is 0 Å². The molecule has 0 saturated carbocycles. The molecule has 0 aliphatic heterocycles. The molecule has 12 aromatic rings. The van der Waals surface area contributed by atoms with Gasteiger partial charge in [0.1, 0.15) is 0 Å². The monoisotopic (exact) mass is 943 g/mol. The van der Waals surface area contributed by atoms with Crippen molar-refractivity contribution in [2.45, 2.75) is 24.5 Å². The molecule has 0 spiro atoms. The number of nitrogens with zero attached hydrogens (tertiary/aromatic N) is 1. The van der Waals surface area contributed by atoms with E-state index >= 15 is 0 Å². The van der Waals surface area contributed by atoms with Gasteiger partial charge >= 0.3 is 0 Å². The fourth-order valence-electron chi connectivity index (χ4n) is 9.94. The zero-order valence-electron chi connectivity index (χ0n) is 75.2. The van der Waals surface area contributed by atoms with Gasteiger partial charge in [-0.2, -0.15) is 0 Å². The lowest BCUT2D eigenvalue weighted by molar-refractivity contribution is 0.660. The molecular weight excluding hydrogens is 855 g/mol. The van der Waals surface area contributed by atoms with Crippen molar-refractivity contribution < 1.29 is 53.5 Å². The van der Waals surface area contributed by atoms with Crippen molar-refractivity contribution >= 4 is 49.4 Å². The van der Waals surface area contributed by atoms with Crippen molar-refractivity contribution in [3.8, 4) is 44.5 Å². The molecule has 0 amide bonds. The molecule has 14 rings (SSSR count). The first-order chi connectivity index (χ1) is 51.1. The number of benzene rings is 12. The summed E-state index contributed by atoms with van der Waals surface area (Å²) < 4.78 is 370. The summed E-state index contributed by atoms with van der Waals surface area (Å²) in [4.78, 5) is 0.551. The minimum atomic E-state index is -3.88. The van der Waals surface area contributed by atoms with Gasteiger partial charge in [-0.1, -0.05) is 244 Å². The molecule has 12 aromatic carbocycles. The Morgan fingerprint density at radius 2 is 1.11 bits per heavy atom. The van der Waals surface area contributed by atoms with Gasteiger partial charge in [0.2, 0.25) is 0 Å². The molecule has 1 unspecified atom stereocenters. The topological polar surface area (TPSA) is 3.24 Å². The predicted octanol–water partition coefficient (Wildman–Crippen LogP) is 18.6. The highest BCUT2D eigenvalue weighted by Gasteiger charge is 2.46. The molecule has 0 N–H and O–H groups in total. The number of hydrogen-bond acceptors (Lipinski definition) is 1. The lowest BCUT2D eigenvalue weighted by atomic mass is 9.67. The zero-order chi connectivity index (χ0) is 81.0. The van der Waals surface area contributed by atoms with Crippen molar-refractivity contribution in [2.75, 3.05) is 4.90 Å². The highest BCUT2D eigenvalue weighted by Crippen LogP contribution is 2.58. The molecule has 334 valence electrons. The third-order valence-electron chi connectivity index (χ3n) is 12.9. The average molecular weight is 943 g/mol. The first-order valence-electron chi connectivity index (χ1n) is 41.2. The van der Waals surface area contributed by atoms with Gasteiger partial charge in [0.05, 0.1) is 56.3 Å². The highest BCUT2D eigenvalue weighted by atomic mass is 15.1. The predicted molar refractivity (Wildman–Crippen MR) is 299 cm³/mol. The molecule has 2 aliphatic rings. The van der Waals surface area contributed by atoms with Crippen LogP contribution in [0.5, 0.6) is 0 Å². The van der Waals surface area contributed by atoms with Gasteiger partial charge < -0.3 is 4.90 Å². The van der Waals surface area contributed by atoms with E-state index in [1.807, 2.05) is 0 Å². The summed E-state index contributed by atoms with van der Waals surface area (Å²) >= 11 is 0. The van der Waals surface area contributed by atoms with E-state index in [0.717, 1.165) is 54.6 Å². The van der Waals surface area contributed by atoms with Crippen molar-refractivity contribution in [3.05, 3.63) is 293 Å². The quantitative estimate of drug-likeness (QED) is 0.144. The van der Waals surface area contributed by atoms with E-state index in [0.29, 0.717) is 4.90 Å². The first-order valence-corrected chi connectivity index (χ1v) is 21.7. The molecule has 0 radical (unpaired) electrons. The maximum atomic E-state index is 11.0. The van der Waals surface area contributed by atoms with Gasteiger partial charge in [-0.05, 0) is 135 Å². The Morgan fingerprint density at radius 3 is 2.00 bits per heavy atom. The summed E-state index contributed by atoms with van der Waals surface area (Å²) in [6, 6.07) is -23.4. The van der Waals surface area contributed by atoms with E-state index in [2.05, 4.69) is 0 Å². The fourth-order valence-corrected chi connectivity index (χ4v) is 9.94. The molecule has 1 heteroatoms. The van der Waals surface area contributed by atoms with Gasteiger partial charge in [-0.15, -0.1) is 0 Å². The second-order valence-electron chi connectivity index (χ2n) is 16.5. The smallest absolute Gasteiger partial charge is 0.0714 e. The summed E-state index contributed by atoms with van der Waals surface area (Å²) in [6.45, 7) is -7.75. The molecule has 1 nitrogen and oxygen atoms in total. The van der Waals surface area contributed by atoms with Crippen LogP contribution in [0, 0.1) is 0 Å². The Labute approximate surface area is 470 Å². The molecule has 0 heterocycles. The van der Waals surface area contributed by atoms with Crippen LogP contribution in [-0.2, 0) is 10.8 Å². The Kier molecular flexibility index (Phi) is 4.00. The van der Waals surface area contributed by atoms with Crippen LogP contribution in [0.15, 0.2) is 260 Å². The summed E-state index contributed by atoms with van der Waals surface area (Å²) in [5.41, 5.74) is -20.7. The van der Waals surface area contributed by atoms with E-state index in [9.17, 15) is 27.4 Å². The van der Waals surface area contributed by atoms with E-state index in [4.69, 9.17) is 26.0 Å². The molecule has 1 atom stereocenters. The minimum absolute atomic E-state index is 0.216. The normalized spacial score (nSPS) is 23.2. The maximum Gasteiger partial charge on any atom is 0.0714 e. The molecule has 0 aromatic heterocycles. The average Bonchev–Trinajstić information content (AvgIpc) is 1.48. The molecule has 0 bridgehead atoms. The lowest BCUT2D eigenvalue weighted by Gasteiger charge is -2.35. The molecule has 0 fully saturated rings. The van der Waals surface area contributed by atoms with Gasteiger partial charge in [-0.25, -0.2) is 0 Å². The van der Waals surface area contributed by atoms with Crippen molar-refractivity contribution in [1.82, 2.24) is 0 Å². The van der Waals surface area contributed by atoms with Gasteiger partial charge in [0.15, 0.2) is 0 Å². The van der Waals surface area contributed by atoms with Crippen LogP contribution in [0.3, 0.4) is 0 Å². The van der Waals surface area contributed by atoms with Crippen LogP contribution in [0.4, 0.5) is 17.1 Å². The second-order valence-corrected chi connectivity index (χ2v) is 16.5. The summed E-state index contributed by atoms with van der Waals surface area (Å²) in [5, 5.41) is -3.16. The Bertz CT molecular complexity index is 6240. The summed E-state index contributed by atoms with van der Waals surface area (Å²) in [6.07, 6.45) is 0. The third-order valence-corrected chi connectivity index (χ3v) is 12.9. The van der Waals surface area contributed by atoms with Crippen LogP contribution in [0.1, 0.15) is 101 Å². The van der Waals surface area contributed by atoms with Gasteiger partial charge in [0.25, 0.3) is 0 Å². The number of anilines is 3. The van der Waals surface area contributed by atoms with Gasteiger partial charge in [-0.3, -0.25) is 0 Å². The number of rotatable bonds is 7. The van der Waals surface area contributed by atoms with Crippen LogP contribution < -0.4 is 4.90 Å². The van der Waals surface area contributed by atoms with Crippen LogP contribution in [0.25, 0.3) is 76.8 Å². The van der Waals surface area contributed by atoms with Crippen LogP contribution in [-0.4, -0.2) is 0 Å². The van der Waals surface area contributed by atoms with E-state index in [1.165, 1.54) is 6.07 Å². The van der Waals surface area contributed by atoms with Gasteiger partial charge in [0, 0.05) is 30.4 Å². The molecule has 0 saturated heterocycles. The first kappa shape index (κ1) is 17.9. The molecule has 71 heavy (non-hydrogen) atoms. The summed E-state index contributed by atoms with van der Waals surface area (Å²) in [5.74, 6) is 0. The van der Waals surface area contributed by atoms with E-state index < -0.39 is 335 Å². The Hall–Kier alpha value is -8.78. The minimum Gasteiger partial charge on any atom is -0.310 e. The van der Waals surface area contributed by atoms with E-state index in [1.54, 1.807) is 0 Å². The number of fused-ring (bicyclic) bond motifs is 10. The van der Waals surface area contributed by atoms with Crippen molar-refractivity contribution in [1.29, 1.82) is 0 Å². The lowest BCUT2D eigenvalue weighted by Crippen LogP contribution is -2.28. The number of hydrogen-bond donors (Lipinski definition) is 0. The maximum absolute atomic E-state index is 11.0. The Morgan fingerprint density at radius 1 is 0.366 bits per heavy atom. The van der Waals surface area contributed by atoms with Crippen molar-refractivity contribution in [3.63, 3.8) is 0 Å². The largest absolute Gasteiger partial charge is 0.310 e. The summed E-state index contributed by atoms with van der Waals surface area (Å²) in [7, 11) is 0. The van der Waals surface area contributed by atoms with Crippen LogP contribution in [0.2, 0.25) is 0 Å². The van der Waals surface area contributed by atoms with E-state index in [-0.39, 0.29) is 16.5 Å². The third kappa shape index (κ3) is 6.06. The highest BCUT2D eigenvalue weighted by molar-refractivity contribution is 6.15. The van der Waals surface area contributed by atoms with Crippen molar-refractivity contribution in [2.24, 2.45) is 0 Å². The fraction of sp³-hybridized carbons (Fsp3) is 0.0571. The second kappa shape index (κ2) is 15.9.